The van der Waals surface area contributed by atoms with E-state index in [0.29, 0.717) is 0 Å². The van der Waals surface area contributed by atoms with Gasteiger partial charge in [0.15, 0.2) is 0 Å². The fourth-order valence-corrected chi connectivity index (χ4v) is 2.45. The van der Waals surface area contributed by atoms with E-state index in [9.17, 15) is 5.21 Å². The zero-order chi connectivity index (χ0) is 16.0. The molecule has 1 heterocycles. The number of ether oxygens (including phenoxy) is 1. The second kappa shape index (κ2) is 6.77. The van der Waals surface area contributed by atoms with E-state index in [4.69, 9.17) is 4.74 Å². The van der Waals surface area contributed by atoms with E-state index in [0.717, 1.165) is 16.8 Å². The second-order valence-corrected chi connectivity index (χ2v) is 4.98. The van der Waals surface area contributed by atoms with Crippen molar-refractivity contribution in [1.82, 2.24) is 9.97 Å². The number of nitrogens with zero attached hydrogens (tertiary/aromatic N) is 2. The highest BCUT2D eigenvalue weighted by Crippen LogP contribution is 2.34. The molecule has 5 heteroatoms. The molecular formula is C18H15N3O2. The Morgan fingerprint density at radius 2 is 1.65 bits per heavy atom. The van der Waals surface area contributed by atoms with Crippen molar-refractivity contribution in [3.8, 4) is 6.07 Å². The average Bonchev–Trinajstić information content (AvgIpc) is 3.14. The van der Waals surface area contributed by atoms with Gasteiger partial charge >= 0.3 is 6.07 Å². The molecule has 0 aliphatic heterocycles. The molecule has 0 atom stereocenters. The molecule has 1 aromatic heterocycles. The molecule has 0 amide bonds. The summed E-state index contributed by atoms with van der Waals surface area (Å²) < 4.78 is 6.11. The lowest BCUT2D eigenvalue weighted by Gasteiger charge is -2.25. The third-order valence-corrected chi connectivity index (χ3v) is 3.56. The maximum atomic E-state index is 11.1. The van der Waals surface area contributed by atoms with E-state index in [-0.39, 0.29) is 6.61 Å². The first-order valence-corrected chi connectivity index (χ1v) is 7.17. The molecular weight excluding hydrogens is 290 g/mol. The summed E-state index contributed by atoms with van der Waals surface area (Å²) in [6, 6.07) is 21.5. The van der Waals surface area contributed by atoms with Gasteiger partial charge in [-0.1, -0.05) is 60.7 Å². The summed E-state index contributed by atoms with van der Waals surface area (Å²) in [5.41, 5.74) is 1.19. The van der Waals surface area contributed by atoms with Crippen LogP contribution in [0.2, 0.25) is 0 Å². The SMILES string of the molecule is [O-][N+]#CC(OCc1cnc[nH]1)(c1ccccc1)c1ccccc1. The van der Waals surface area contributed by atoms with Crippen molar-refractivity contribution >= 4 is 0 Å². The maximum Gasteiger partial charge on any atom is 0.344 e. The topological polar surface area (TPSA) is 65.3 Å². The molecule has 0 aliphatic carbocycles. The van der Waals surface area contributed by atoms with Crippen molar-refractivity contribution in [3.63, 3.8) is 0 Å². The van der Waals surface area contributed by atoms with Crippen LogP contribution in [0, 0.1) is 11.3 Å². The number of benzene rings is 2. The van der Waals surface area contributed by atoms with Gasteiger partial charge in [-0.2, -0.15) is 0 Å². The van der Waals surface area contributed by atoms with E-state index in [2.05, 4.69) is 21.0 Å². The number of hydrogen-bond donors (Lipinski definition) is 1. The van der Waals surface area contributed by atoms with E-state index < -0.39 is 5.60 Å². The lowest BCUT2D eigenvalue weighted by molar-refractivity contribution is 0.0117. The fraction of sp³-hybridized carbons (Fsp3) is 0.111. The fourth-order valence-electron chi connectivity index (χ4n) is 2.45. The van der Waals surface area contributed by atoms with Crippen molar-refractivity contribution in [2.75, 3.05) is 0 Å². The molecule has 2 aromatic carbocycles. The molecule has 5 nitrogen and oxygen atoms in total. The van der Waals surface area contributed by atoms with E-state index >= 15 is 0 Å². The summed E-state index contributed by atoms with van der Waals surface area (Å²) >= 11 is 0. The zero-order valence-electron chi connectivity index (χ0n) is 12.3. The molecule has 0 saturated heterocycles. The smallest absolute Gasteiger partial charge is 0.344 e. The van der Waals surface area contributed by atoms with Gasteiger partial charge in [0.2, 0.25) is 0 Å². The van der Waals surface area contributed by atoms with Crippen LogP contribution < -0.4 is 0 Å². The third kappa shape index (κ3) is 3.07. The lowest BCUT2D eigenvalue weighted by atomic mass is 9.87. The number of H-pyrrole nitrogens is 1. The summed E-state index contributed by atoms with van der Waals surface area (Å²) in [6.07, 6.45) is 3.26. The molecule has 0 radical (unpaired) electrons. The highest BCUT2D eigenvalue weighted by atomic mass is 16.5. The lowest BCUT2D eigenvalue weighted by Crippen LogP contribution is -2.29. The summed E-state index contributed by atoms with van der Waals surface area (Å²) in [6.45, 7) is 0.242. The van der Waals surface area contributed by atoms with Crippen LogP contribution in [0.5, 0.6) is 0 Å². The highest BCUT2D eigenvalue weighted by Gasteiger charge is 2.40. The Balaban J connectivity index is 2.07. The monoisotopic (exact) mass is 305 g/mol. The second-order valence-electron chi connectivity index (χ2n) is 4.98. The largest absolute Gasteiger partial charge is 0.498 e. The summed E-state index contributed by atoms with van der Waals surface area (Å²) in [5.74, 6) is 0. The van der Waals surface area contributed by atoms with Gasteiger partial charge < -0.3 is 14.9 Å². The van der Waals surface area contributed by atoms with Gasteiger partial charge in [-0.25, -0.2) is 4.98 Å². The third-order valence-electron chi connectivity index (χ3n) is 3.56. The zero-order valence-corrected chi connectivity index (χ0v) is 12.3. The Hall–Kier alpha value is -3.10. The van der Waals surface area contributed by atoms with Gasteiger partial charge in [0.25, 0.3) is 5.60 Å². The van der Waals surface area contributed by atoms with Crippen LogP contribution in [0.25, 0.3) is 5.01 Å². The van der Waals surface area contributed by atoms with Crippen LogP contribution in [0.1, 0.15) is 16.8 Å². The first-order chi connectivity index (χ1) is 11.3. The Bertz CT molecular complexity index is 751. The predicted octanol–water partition coefficient (Wildman–Crippen LogP) is 3.70. The van der Waals surface area contributed by atoms with Crippen molar-refractivity contribution in [3.05, 3.63) is 100 Å². The average molecular weight is 305 g/mol. The van der Waals surface area contributed by atoms with Crippen molar-refractivity contribution in [2.24, 2.45) is 0 Å². The molecule has 1 N–H and O–H groups in total. The quantitative estimate of drug-likeness (QED) is 0.731. The number of rotatable bonds is 5. The maximum absolute atomic E-state index is 11.1. The molecule has 3 aromatic rings. The molecule has 0 fully saturated rings. The summed E-state index contributed by atoms with van der Waals surface area (Å²) in [5, 5.41) is 14.0. The molecule has 0 saturated carbocycles. The number of nitrogens with one attached hydrogen (secondary N) is 1. The van der Waals surface area contributed by atoms with Gasteiger partial charge in [0.05, 0.1) is 24.8 Å². The number of hydrogen-bond acceptors (Lipinski definition) is 3. The van der Waals surface area contributed by atoms with Gasteiger partial charge in [-0.05, 0) is 0 Å². The molecule has 3 rings (SSSR count). The molecule has 0 unspecified atom stereocenters. The Labute approximate surface area is 134 Å². The van der Waals surface area contributed by atoms with Crippen molar-refractivity contribution < 1.29 is 4.74 Å². The minimum absolute atomic E-state index is 0.242. The van der Waals surface area contributed by atoms with Crippen molar-refractivity contribution in [2.45, 2.75) is 12.2 Å². The van der Waals surface area contributed by atoms with Gasteiger partial charge in [0, 0.05) is 16.1 Å². The number of aromatic nitrogens is 2. The van der Waals surface area contributed by atoms with E-state index in [1.54, 1.807) is 12.5 Å². The first kappa shape index (κ1) is 14.8. The Morgan fingerprint density at radius 1 is 1.04 bits per heavy atom. The van der Waals surface area contributed by atoms with Crippen LogP contribution in [0.3, 0.4) is 0 Å². The Morgan fingerprint density at radius 3 is 2.13 bits per heavy atom. The Kier molecular flexibility index (Phi) is 4.37. The molecule has 0 spiro atoms. The van der Waals surface area contributed by atoms with E-state index in [1.807, 2.05) is 60.7 Å². The minimum Gasteiger partial charge on any atom is -0.498 e. The van der Waals surface area contributed by atoms with Gasteiger partial charge in [0.1, 0.15) is 0 Å². The number of aromatic amines is 1. The normalized spacial score (nSPS) is 10.8. The van der Waals surface area contributed by atoms with Crippen LogP contribution in [-0.2, 0) is 16.9 Å². The molecule has 0 aliphatic rings. The summed E-state index contributed by atoms with van der Waals surface area (Å²) in [7, 11) is 0. The van der Waals surface area contributed by atoms with Gasteiger partial charge in [-0.15, -0.1) is 0 Å². The first-order valence-electron chi connectivity index (χ1n) is 7.17. The number of imidazole rings is 1. The predicted molar refractivity (Wildman–Crippen MR) is 87.7 cm³/mol. The van der Waals surface area contributed by atoms with Crippen LogP contribution in [0.15, 0.2) is 73.2 Å². The molecule has 0 bridgehead atoms. The van der Waals surface area contributed by atoms with Crippen LogP contribution in [0.4, 0.5) is 0 Å². The molecule has 114 valence electrons. The summed E-state index contributed by atoms with van der Waals surface area (Å²) in [4.78, 5) is 6.96. The highest BCUT2D eigenvalue weighted by molar-refractivity contribution is 5.44. The van der Waals surface area contributed by atoms with Gasteiger partial charge in [-0.3, -0.25) is 0 Å². The van der Waals surface area contributed by atoms with Crippen molar-refractivity contribution in [1.29, 1.82) is 0 Å². The van der Waals surface area contributed by atoms with Crippen LogP contribution >= 0.6 is 0 Å². The van der Waals surface area contributed by atoms with E-state index in [1.165, 1.54) is 0 Å². The standard InChI is InChI=1S/C18H15N3O2/c22-21-13-18(15-7-3-1-4-8-15,16-9-5-2-6-10-16)23-12-17-11-19-14-20-17/h1-11,14H,12H2,(H,19,20). The minimum atomic E-state index is -1.17. The molecule has 23 heavy (non-hydrogen) atoms. The van der Waals surface area contributed by atoms with Crippen LogP contribution in [-0.4, -0.2) is 9.97 Å².